The standard InChI is InChI=1S/C11H15S/c1-9(10-5-2-3-6-10)11-7-4-8-12-11/h4,7-10H,1-3,5-6H2. The van der Waals surface area contributed by atoms with Crippen LogP contribution in [0, 0.1) is 12.8 Å². The Bertz CT molecular complexity index is 219. The van der Waals surface area contributed by atoms with Crippen LogP contribution < -0.4 is 0 Å². The third kappa shape index (κ3) is 1.56. The molecule has 0 nitrogen and oxygen atoms in total. The van der Waals surface area contributed by atoms with Crippen molar-refractivity contribution in [3.05, 3.63) is 29.3 Å². The minimum atomic E-state index is 0.563. The lowest BCUT2D eigenvalue weighted by Gasteiger charge is -2.16. The third-order valence-electron chi connectivity index (χ3n) is 2.88. The van der Waals surface area contributed by atoms with E-state index in [9.17, 15) is 0 Å². The Balaban J connectivity index is 2.04. The van der Waals surface area contributed by atoms with Gasteiger partial charge in [-0.15, -0.1) is 11.3 Å². The molecule has 1 aromatic rings. The van der Waals surface area contributed by atoms with Gasteiger partial charge < -0.3 is 0 Å². The van der Waals surface area contributed by atoms with E-state index in [1.165, 1.54) is 30.6 Å². The molecule has 0 saturated heterocycles. The summed E-state index contributed by atoms with van der Waals surface area (Å²) in [5, 5.41) is 2.16. The van der Waals surface area contributed by atoms with Crippen molar-refractivity contribution in [2.75, 3.05) is 0 Å². The van der Waals surface area contributed by atoms with Crippen molar-refractivity contribution in [3.63, 3.8) is 0 Å². The minimum absolute atomic E-state index is 0.563. The zero-order valence-electron chi connectivity index (χ0n) is 7.33. The van der Waals surface area contributed by atoms with Crippen LogP contribution in [0.25, 0.3) is 0 Å². The van der Waals surface area contributed by atoms with Crippen molar-refractivity contribution < 1.29 is 0 Å². The second kappa shape index (κ2) is 3.61. The van der Waals surface area contributed by atoms with Crippen LogP contribution in [-0.2, 0) is 0 Å². The van der Waals surface area contributed by atoms with Gasteiger partial charge >= 0.3 is 0 Å². The van der Waals surface area contributed by atoms with Gasteiger partial charge in [-0.1, -0.05) is 18.9 Å². The van der Waals surface area contributed by atoms with Crippen molar-refractivity contribution in [1.29, 1.82) is 0 Å². The van der Waals surface area contributed by atoms with E-state index in [1.54, 1.807) is 0 Å². The summed E-state index contributed by atoms with van der Waals surface area (Å²) >= 11 is 1.86. The molecule has 1 fully saturated rings. The van der Waals surface area contributed by atoms with Crippen LogP contribution in [0.2, 0.25) is 0 Å². The summed E-state index contributed by atoms with van der Waals surface area (Å²) in [4.78, 5) is 1.47. The van der Waals surface area contributed by atoms with Crippen LogP contribution >= 0.6 is 11.3 Å². The van der Waals surface area contributed by atoms with E-state index in [1.807, 2.05) is 11.3 Å². The zero-order valence-corrected chi connectivity index (χ0v) is 8.15. The van der Waals surface area contributed by atoms with Crippen molar-refractivity contribution >= 4 is 11.3 Å². The summed E-state index contributed by atoms with van der Waals surface area (Å²) in [6.45, 7) is 4.27. The van der Waals surface area contributed by atoms with Crippen LogP contribution in [0.3, 0.4) is 0 Å². The van der Waals surface area contributed by atoms with Crippen molar-refractivity contribution in [3.8, 4) is 0 Å². The predicted molar refractivity (Wildman–Crippen MR) is 54.4 cm³/mol. The molecule has 1 atom stereocenters. The SMILES string of the molecule is [CH2]C(c1cccs1)C1CCCC1. The van der Waals surface area contributed by atoms with Gasteiger partial charge in [0.05, 0.1) is 0 Å². The van der Waals surface area contributed by atoms with E-state index in [4.69, 9.17) is 0 Å². The molecule has 0 aliphatic heterocycles. The van der Waals surface area contributed by atoms with Crippen molar-refractivity contribution in [2.24, 2.45) is 5.92 Å². The molecule has 12 heavy (non-hydrogen) atoms. The Morgan fingerprint density at radius 1 is 1.42 bits per heavy atom. The van der Waals surface area contributed by atoms with Crippen molar-refractivity contribution in [1.82, 2.24) is 0 Å². The summed E-state index contributed by atoms with van der Waals surface area (Å²) in [7, 11) is 0. The van der Waals surface area contributed by atoms with Gasteiger partial charge in [0.25, 0.3) is 0 Å². The number of hydrogen-bond donors (Lipinski definition) is 0. The zero-order chi connectivity index (χ0) is 8.39. The quantitative estimate of drug-likeness (QED) is 0.646. The maximum absolute atomic E-state index is 4.27. The van der Waals surface area contributed by atoms with Crippen LogP contribution in [-0.4, -0.2) is 0 Å². The van der Waals surface area contributed by atoms with Crippen LogP contribution in [0.5, 0.6) is 0 Å². The maximum atomic E-state index is 4.27. The van der Waals surface area contributed by atoms with Gasteiger partial charge in [-0.2, -0.15) is 0 Å². The molecule has 1 unspecified atom stereocenters. The largest absolute Gasteiger partial charge is 0.149 e. The summed E-state index contributed by atoms with van der Waals surface area (Å²) in [5.74, 6) is 1.43. The van der Waals surface area contributed by atoms with Crippen LogP contribution in [0.4, 0.5) is 0 Å². The van der Waals surface area contributed by atoms with Gasteiger partial charge in [0.1, 0.15) is 0 Å². The van der Waals surface area contributed by atoms with Crippen LogP contribution in [0.1, 0.15) is 36.5 Å². The predicted octanol–water partition coefficient (Wildman–Crippen LogP) is 3.86. The molecule has 1 aliphatic carbocycles. The first kappa shape index (κ1) is 8.31. The molecular formula is C11H15S. The van der Waals surface area contributed by atoms with E-state index in [-0.39, 0.29) is 0 Å². The van der Waals surface area contributed by atoms with E-state index >= 15 is 0 Å². The first-order valence-corrected chi connectivity index (χ1v) is 5.62. The van der Waals surface area contributed by atoms with Gasteiger partial charge in [0.2, 0.25) is 0 Å². The molecule has 1 radical (unpaired) electrons. The fourth-order valence-electron chi connectivity index (χ4n) is 2.09. The third-order valence-corrected chi connectivity index (χ3v) is 3.88. The normalized spacial score (nSPS) is 21.4. The molecule has 1 heteroatoms. The highest BCUT2D eigenvalue weighted by atomic mass is 32.1. The highest BCUT2D eigenvalue weighted by Gasteiger charge is 2.22. The molecular weight excluding hydrogens is 164 g/mol. The number of hydrogen-bond acceptors (Lipinski definition) is 1. The smallest absolute Gasteiger partial charge is 0.00789 e. The average molecular weight is 179 g/mol. The lowest BCUT2D eigenvalue weighted by atomic mass is 9.91. The summed E-state index contributed by atoms with van der Waals surface area (Å²) in [6.07, 6.45) is 5.63. The van der Waals surface area contributed by atoms with E-state index < -0.39 is 0 Å². The molecule has 2 rings (SSSR count). The van der Waals surface area contributed by atoms with E-state index in [0.29, 0.717) is 5.92 Å². The van der Waals surface area contributed by atoms with Gasteiger partial charge in [-0.25, -0.2) is 0 Å². The van der Waals surface area contributed by atoms with Gasteiger partial charge in [0.15, 0.2) is 0 Å². The fraction of sp³-hybridized carbons (Fsp3) is 0.545. The molecule has 65 valence electrons. The van der Waals surface area contributed by atoms with Crippen LogP contribution in [0.15, 0.2) is 17.5 Å². The first-order valence-electron chi connectivity index (χ1n) is 4.74. The molecule has 0 spiro atoms. The Labute approximate surface area is 78.6 Å². The first-order chi connectivity index (χ1) is 5.88. The Morgan fingerprint density at radius 2 is 2.17 bits per heavy atom. The van der Waals surface area contributed by atoms with E-state index in [2.05, 4.69) is 24.4 Å². The molecule has 1 aromatic heterocycles. The monoisotopic (exact) mass is 179 g/mol. The highest BCUT2D eigenvalue weighted by Crippen LogP contribution is 2.38. The molecule has 1 saturated carbocycles. The van der Waals surface area contributed by atoms with Gasteiger partial charge in [-0.05, 0) is 43.0 Å². The number of rotatable bonds is 2. The molecule has 0 bridgehead atoms. The topological polar surface area (TPSA) is 0 Å². The summed E-state index contributed by atoms with van der Waals surface area (Å²) in [5.41, 5.74) is 0. The number of thiophene rings is 1. The average Bonchev–Trinajstić information content (AvgIpc) is 2.77. The molecule has 0 N–H and O–H groups in total. The second-order valence-electron chi connectivity index (χ2n) is 3.67. The van der Waals surface area contributed by atoms with Crippen molar-refractivity contribution in [2.45, 2.75) is 31.6 Å². The highest BCUT2D eigenvalue weighted by molar-refractivity contribution is 7.10. The van der Waals surface area contributed by atoms with Gasteiger partial charge in [-0.3, -0.25) is 0 Å². The fourth-order valence-corrected chi connectivity index (χ4v) is 2.93. The maximum Gasteiger partial charge on any atom is 0.00789 e. The Kier molecular flexibility index (Phi) is 2.50. The summed E-state index contributed by atoms with van der Waals surface area (Å²) < 4.78 is 0. The Hall–Kier alpha value is -0.300. The lowest BCUT2D eigenvalue weighted by molar-refractivity contribution is 0.497. The minimum Gasteiger partial charge on any atom is -0.149 e. The Morgan fingerprint density at radius 3 is 2.75 bits per heavy atom. The van der Waals surface area contributed by atoms with E-state index in [0.717, 1.165) is 5.92 Å². The molecule has 0 amide bonds. The second-order valence-corrected chi connectivity index (χ2v) is 4.65. The molecule has 1 heterocycles. The molecule has 1 aliphatic rings. The molecule has 0 aromatic carbocycles. The lowest BCUT2D eigenvalue weighted by Crippen LogP contribution is -2.03. The summed E-state index contributed by atoms with van der Waals surface area (Å²) in [6, 6.07) is 4.35. The van der Waals surface area contributed by atoms with Gasteiger partial charge in [0, 0.05) is 4.88 Å².